The van der Waals surface area contributed by atoms with Crippen LogP contribution in [0.1, 0.15) is 33.0 Å². The summed E-state index contributed by atoms with van der Waals surface area (Å²) in [5.41, 5.74) is 0. The zero-order valence-corrected chi connectivity index (χ0v) is 12.6. The van der Waals surface area contributed by atoms with Crippen LogP contribution in [0.2, 0.25) is 0 Å². The zero-order valence-electron chi connectivity index (χ0n) is 12.6. The minimum absolute atomic E-state index is 0.584. The molecule has 0 aliphatic carbocycles. The Bertz CT molecular complexity index is 348. The van der Waals surface area contributed by atoms with Crippen molar-refractivity contribution in [3.63, 3.8) is 0 Å². The molecule has 2 atom stereocenters. The Morgan fingerprint density at radius 3 is 2.95 bits per heavy atom. The molecule has 0 aromatic carbocycles. The van der Waals surface area contributed by atoms with Crippen molar-refractivity contribution in [2.45, 2.75) is 39.7 Å². The van der Waals surface area contributed by atoms with Gasteiger partial charge in [-0.15, -0.1) is 0 Å². The third kappa shape index (κ3) is 4.66. The molecule has 1 aromatic heterocycles. The summed E-state index contributed by atoms with van der Waals surface area (Å²) in [7, 11) is 0. The van der Waals surface area contributed by atoms with E-state index in [0.29, 0.717) is 6.04 Å². The zero-order chi connectivity index (χ0) is 13.7. The molecule has 1 aliphatic heterocycles. The summed E-state index contributed by atoms with van der Waals surface area (Å²) in [6.45, 7) is 11.6. The molecule has 1 fully saturated rings. The minimum atomic E-state index is 0.584. The van der Waals surface area contributed by atoms with Gasteiger partial charge in [0.1, 0.15) is 5.76 Å². The molecule has 1 N–H and O–H groups in total. The van der Waals surface area contributed by atoms with Crippen molar-refractivity contribution in [1.82, 2.24) is 10.2 Å². The van der Waals surface area contributed by atoms with Crippen molar-refractivity contribution >= 4 is 0 Å². The van der Waals surface area contributed by atoms with Crippen molar-refractivity contribution < 1.29 is 4.42 Å². The fourth-order valence-corrected chi connectivity index (χ4v) is 2.85. The van der Waals surface area contributed by atoms with Crippen LogP contribution in [0.15, 0.2) is 22.8 Å². The molecule has 0 spiro atoms. The van der Waals surface area contributed by atoms with Crippen LogP contribution in [0.5, 0.6) is 0 Å². The van der Waals surface area contributed by atoms with Crippen molar-refractivity contribution in [2.75, 3.05) is 26.2 Å². The molecule has 3 heteroatoms. The van der Waals surface area contributed by atoms with E-state index in [2.05, 4.69) is 37.1 Å². The maximum Gasteiger partial charge on any atom is 0.105 e. The highest BCUT2D eigenvalue weighted by Crippen LogP contribution is 2.20. The fraction of sp³-hybridized carbons (Fsp3) is 0.750. The largest absolute Gasteiger partial charge is 0.469 e. The summed E-state index contributed by atoms with van der Waals surface area (Å²) < 4.78 is 5.44. The molecule has 2 unspecified atom stereocenters. The summed E-state index contributed by atoms with van der Waals surface area (Å²) in [5, 5.41) is 3.59. The second kappa shape index (κ2) is 7.11. The van der Waals surface area contributed by atoms with E-state index >= 15 is 0 Å². The van der Waals surface area contributed by atoms with Crippen LogP contribution in [0.25, 0.3) is 0 Å². The first-order valence-electron chi connectivity index (χ1n) is 7.62. The lowest BCUT2D eigenvalue weighted by molar-refractivity contribution is 0.238. The van der Waals surface area contributed by atoms with Gasteiger partial charge in [-0.1, -0.05) is 13.8 Å². The van der Waals surface area contributed by atoms with Gasteiger partial charge in [0.05, 0.1) is 6.26 Å². The molecule has 2 rings (SSSR count). The summed E-state index contributed by atoms with van der Waals surface area (Å²) in [4.78, 5) is 2.60. The standard InChI is InChI=1S/C16H28N2O/c1-13(2)10-17-11-15-6-7-18(12-15)14(3)9-16-5-4-8-19-16/h4-5,8,13-15,17H,6-7,9-12H2,1-3H3. The van der Waals surface area contributed by atoms with Gasteiger partial charge in [-0.3, -0.25) is 4.90 Å². The third-order valence-electron chi connectivity index (χ3n) is 4.00. The molecule has 1 aliphatic rings. The number of likely N-dealkylation sites (tertiary alicyclic amines) is 1. The predicted octanol–water partition coefficient (Wildman–Crippen LogP) is 2.78. The molecule has 2 heterocycles. The van der Waals surface area contributed by atoms with Gasteiger partial charge in [0.2, 0.25) is 0 Å². The van der Waals surface area contributed by atoms with Gasteiger partial charge in [0.15, 0.2) is 0 Å². The number of nitrogens with one attached hydrogen (secondary N) is 1. The van der Waals surface area contributed by atoms with E-state index < -0.39 is 0 Å². The van der Waals surface area contributed by atoms with Gasteiger partial charge in [-0.05, 0) is 56.9 Å². The highest BCUT2D eigenvalue weighted by molar-refractivity contribution is 5.00. The van der Waals surface area contributed by atoms with Gasteiger partial charge in [0, 0.05) is 19.0 Å². The van der Waals surface area contributed by atoms with E-state index in [-0.39, 0.29) is 0 Å². The second-order valence-corrected chi connectivity index (χ2v) is 6.33. The SMILES string of the molecule is CC(C)CNCC1CCN(C(C)Cc2ccco2)C1. The molecule has 19 heavy (non-hydrogen) atoms. The van der Waals surface area contributed by atoms with Crippen molar-refractivity contribution in [1.29, 1.82) is 0 Å². The molecule has 1 aromatic rings. The van der Waals surface area contributed by atoms with Gasteiger partial charge in [-0.2, -0.15) is 0 Å². The van der Waals surface area contributed by atoms with E-state index in [9.17, 15) is 0 Å². The lowest BCUT2D eigenvalue weighted by Crippen LogP contribution is -2.34. The average molecular weight is 264 g/mol. The first-order chi connectivity index (χ1) is 9.15. The van der Waals surface area contributed by atoms with Gasteiger partial charge in [-0.25, -0.2) is 0 Å². The van der Waals surface area contributed by atoms with Gasteiger partial charge < -0.3 is 9.73 Å². The molecular weight excluding hydrogens is 236 g/mol. The van der Waals surface area contributed by atoms with E-state index in [1.54, 1.807) is 6.26 Å². The molecule has 0 amide bonds. The van der Waals surface area contributed by atoms with Crippen molar-refractivity contribution in [3.8, 4) is 0 Å². The molecule has 108 valence electrons. The maximum atomic E-state index is 5.44. The van der Waals surface area contributed by atoms with Crippen LogP contribution in [0, 0.1) is 11.8 Å². The Hall–Kier alpha value is -0.800. The molecule has 0 bridgehead atoms. The van der Waals surface area contributed by atoms with E-state index in [4.69, 9.17) is 4.42 Å². The Kier molecular flexibility index (Phi) is 5.46. The maximum absolute atomic E-state index is 5.44. The van der Waals surface area contributed by atoms with E-state index in [0.717, 1.165) is 30.6 Å². The van der Waals surface area contributed by atoms with Crippen molar-refractivity contribution in [2.24, 2.45) is 11.8 Å². The molecule has 1 saturated heterocycles. The van der Waals surface area contributed by atoms with Crippen LogP contribution in [0.4, 0.5) is 0 Å². The highest BCUT2D eigenvalue weighted by atomic mass is 16.3. The molecule has 0 radical (unpaired) electrons. The summed E-state index contributed by atoms with van der Waals surface area (Å²) >= 11 is 0. The summed E-state index contributed by atoms with van der Waals surface area (Å²) in [6.07, 6.45) is 4.12. The Morgan fingerprint density at radius 2 is 2.26 bits per heavy atom. The van der Waals surface area contributed by atoms with Gasteiger partial charge in [0.25, 0.3) is 0 Å². The lowest BCUT2D eigenvalue weighted by atomic mass is 10.1. The first-order valence-corrected chi connectivity index (χ1v) is 7.62. The number of hydrogen-bond acceptors (Lipinski definition) is 3. The number of rotatable bonds is 7. The minimum Gasteiger partial charge on any atom is -0.469 e. The fourth-order valence-electron chi connectivity index (χ4n) is 2.85. The van der Waals surface area contributed by atoms with Crippen LogP contribution in [-0.2, 0) is 6.42 Å². The number of nitrogens with zero attached hydrogens (tertiary/aromatic N) is 1. The highest BCUT2D eigenvalue weighted by Gasteiger charge is 2.26. The van der Waals surface area contributed by atoms with E-state index in [1.165, 1.54) is 26.1 Å². The molecule has 3 nitrogen and oxygen atoms in total. The summed E-state index contributed by atoms with van der Waals surface area (Å²) in [6, 6.07) is 4.64. The van der Waals surface area contributed by atoms with Crippen LogP contribution >= 0.6 is 0 Å². The van der Waals surface area contributed by atoms with Crippen LogP contribution < -0.4 is 5.32 Å². The van der Waals surface area contributed by atoms with Crippen LogP contribution in [-0.4, -0.2) is 37.1 Å². The quantitative estimate of drug-likeness (QED) is 0.821. The normalized spacial score (nSPS) is 22.2. The molecular formula is C16H28N2O. The van der Waals surface area contributed by atoms with Crippen molar-refractivity contribution in [3.05, 3.63) is 24.2 Å². The Labute approximate surface area is 117 Å². The first kappa shape index (κ1) is 14.6. The topological polar surface area (TPSA) is 28.4 Å². The average Bonchev–Trinajstić information content (AvgIpc) is 2.99. The Balaban J connectivity index is 1.69. The number of hydrogen-bond donors (Lipinski definition) is 1. The van der Waals surface area contributed by atoms with Gasteiger partial charge >= 0.3 is 0 Å². The monoisotopic (exact) mass is 264 g/mol. The van der Waals surface area contributed by atoms with Crippen LogP contribution in [0.3, 0.4) is 0 Å². The predicted molar refractivity (Wildman–Crippen MR) is 79.3 cm³/mol. The lowest BCUT2D eigenvalue weighted by Gasteiger charge is -2.23. The third-order valence-corrected chi connectivity index (χ3v) is 4.00. The molecule has 0 saturated carbocycles. The summed E-state index contributed by atoms with van der Waals surface area (Å²) in [5.74, 6) is 2.67. The smallest absolute Gasteiger partial charge is 0.105 e. The second-order valence-electron chi connectivity index (χ2n) is 6.33. The van der Waals surface area contributed by atoms with E-state index in [1.807, 2.05) is 6.07 Å². The number of furan rings is 1. The Morgan fingerprint density at radius 1 is 1.42 bits per heavy atom.